The number of hydrogen-bond donors (Lipinski definition) is 1. The van der Waals surface area contributed by atoms with E-state index in [1.54, 1.807) is 5.56 Å². The zero-order valence-corrected chi connectivity index (χ0v) is 11.0. The maximum absolute atomic E-state index is 3.46. The number of nitrogens with one attached hydrogen (secondary N) is 1. The van der Waals surface area contributed by atoms with Crippen LogP contribution >= 0.6 is 0 Å². The molecule has 1 saturated carbocycles. The van der Waals surface area contributed by atoms with Crippen molar-refractivity contribution in [3.63, 3.8) is 0 Å². The molecule has 0 atom stereocenters. The van der Waals surface area contributed by atoms with Crippen molar-refractivity contribution in [2.75, 3.05) is 13.1 Å². The van der Waals surface area contributed by atoms with Crippen molar-refractivity contribution >= 4 is 0 Å². The lowest BCUT2D eigenvalue weighted by molar-refractivity contribution is 0.616. The van der Waals surface area contributed by atoms with E-state index < -0.39 is 0 Å². The van der Waals surface area contributed by atoms with Crippen LogP contribution in [0.2, 0.25) is 0 Å². The van der Waals surface area contributed by atoms with Gasteiger partial charge in [-0.3, -0.25) is 0 Å². The highest BCUT2D eigenvalue weighted by Gasteiger charge is 2.23. The first-order valence-corrected chi connectivity index (χ1v) is 7.19. The van der Waals surface area contributed by atoms with Gasteiger partial charge in [0.25, 0.3) is 0 Å². The number of hydrogen-bond acceptors (Lipinski definition) is 1. The Morgan fingerprint density at radius 2 is 2.06 bits per heavy atom. The van der Waals surface area contributed by atoms with Gasteiger partial charge in [0.05, 0.1) is 0 Å². The van der Waals surface area contributed by atoms with Gasteiger partial charge in [-0.05, 0) is 68.7 Å². The summed E-state index contributed by atoms with van der Waals surface area (Å²) in [6, 6.07) is 9.24. The summed E-state index contributed by atoms with van der Waals surface area (Å²) in [6.45, 7) is 4.56. The third-order valence-corrected chi connectivity index (χ3v) is 3.50. The molecule has 0 aromatic heterocycles. The van der Waals surface area contributed by atoms with Gasteiger partial charge in [-0.15, -0.1) is 0 Å². The van der Waals surface area contributed by atoms with Gasteiger partial charge in [-0.1, -0.05) is 31.2 Å². The van der Waals surface area contributed by atoms with Gasteiger partial charge in [-0.25, -0.2) is 0 Å². The second kappa shape index (κ2) is 6.80. The molecule has 0 amide bonds. The molecular weight excluding hydrogens is 206 g/mol. The summed E-state index contributed by atoms with van der Waals surface area (Å²) in [6.07, 6.45) is 7.91. The zero-order chi connectivity index (χ0) is 11.9. The molecule has 94 valence electrons. The second-order valence-electron chi connectivity index (χ2n) is 5.23. The first-order valence-electron chi connectivity index (χ1n) is 7.19. The minimum atomic E-state index is 0.890. The lowest BCUT2D eigenvalue weighted by atomic mass is 10.0. The smallest absolute Gasteiger partial charge is 0.00488 e. The molecular formula is C16H25N. The molecule has 1 aromatic carbocycles. The molecule has 1 aliphatic rings. The largest absolute Gasteiger partial charge is 0.317 e. The fourth-order valence-electron chi connectivity index (χ4n) is 2.30. The summed E-state index contributed by atoms with van der Waals surface area (Å²) < 4.78 is 0. The molecule has 1 nitrogen and oxygen atoms in total. The summed E-state index contributed by atoms with van der Waals surface area (Å²) in [5.41, 5.74) is 3.11. The molecule has 0 saturated heterocycles. The predicted octanol–water partition coefficient (Wildman–Crippen LogP) is 3.89. The lowest BCUT2D eigenvalue weighted by Gasteiger charge is -2.05. The Kier molecular flexibility index (Phi) is 5.06. The van der Waals surface area contributed by atoms with Gasteiger partial charge in [0.2, 0.25) is 0 Å². The molecule has 2 rings (SSSR count). The predicted molar refractivity (Wildman–Crippen MR) is 74.5 cm³/mol. The van der Waals surface area contributed by atoms with E-state index in [4.69, 9.17) is 0 Å². The van der Waals surface area contributed by atoms with E-state index in [1.807, 2.05) is 0 Å². The average Bonchev–Trinajstić information content (AvgIpc) is 3.18. The normalized spacial score (nSPS) is 15.1. The maximum Gasteiger partial charge on any atom is -0.00488 e. The SMILES string of the molecule is CCCNCCCCc1cccc(C2CC2)c1. The number of unbranched alkanes of at least 4 members (excludes halogenated alkanes) is 1. The van der Waals surface area contributed by atoms with Crippen molar-refractivity contribution in [2.45, 2.75) is 51.4 Å². The molecule has 0 spiro atoms. The molecule has 0 aliphatic heterocycles. The van der Waals surface area contributed by atoms with E-state index in [2.05, 4.69) is 36.5 Å². The fraction of sp³-hybridized carbons (Fsp3) is 0.625. The van der Waals surface area contributed by atoms with E-state index >= 15 is 0 Å². The summed E-state index contributed by atoms with van der Waals surface area (Å²) in [5, 5.41) is 3.46. The highest BCUT2D eigenvalue weighted by molar-refractivity contribution is 5.29. The first-order chi connectivity index (χ1) is 8.40. The monoisotopic (exact) mass is 231 g/mol. The highest BCUT2D eigenvalue weighted by atomic mass is 14.8. The quantitative estimate of drug-likeness (QED) is 0.669. The van der Waals surface area contributed by atoms with E-state index in [9.17, 15) is 0 Å². The molecule has 0 radical (unpaired) electrons. The highest BCUT2D eigenvalue weighted by Crippen LogP contribution is 2.40. The van der Waals surface area contributed by atoms with Crippen LogP contribution in [-0.2, 0) is 6.42 Å². The Bertz CT molecular complexity index is 328. The molecule has 0 unspecified atom stereocenters. The third-order valence-electron chi connectivity index (χ3n) is 3.50. The number of rotatable bonds is 8. The minimum Gasteiger partial charge on any atom is -0.317 e. The van der Waals surface area contributed by atoms with Gasteiger partial charge in [0.1, 0.15) is 0 Å². The molecule has 17 heavy (non-hydrogen) atoms. The zero-order valence-electron chi connectivity index (χ0n) is 11.0. The van der Waals surface area contributed by atoms with Crippen molar-refractivity contribution in [3.8, 4) is 0 Å². The lowest BCUT2D eigenvalue weighted by Crippen LogP contribution is -2.15. The average molecular weight is 231 g/mol. The Hall–Kier alpha value is -0.820. The molecule has 1 fully saturated rings. The molecule has 1 N–H and O–H groups in total. The third kappa shape index (κ3) is 4.51. The Morgan fingerprint density at radius 3 is 2.82 bits per heavy atom. The van der Waals surface area contributed by atoms with Crippen LogP contribution in [0.5, 0.6) is 0 Å². The second-order valence-corrected chi connectivity index (χ2v) is 5.23. The number of aryl methyl sites for hydroxylation is 1. The van der Waals surface area contributed by atoms with E-state index in [0.717, 1.165) is 12.5 Å². The van der Waals surface area contributed by atoms with Crippen molar-refractivity contribution in [3.05, 3.63) is 35.4 Å². The Balaban J connectivity index is 1.66. The van der Waals surface area contributed by atoms with Crippen molar-refractivity contribution in [1.82, 2.24) is 5.32 Å². The van der Waals surface area contributed by atoms with Crippen LogP contribution in [0.3, 0.4) is 0 Å². The van der Waals surface area contributed by atoms with Gasteiger partial charge in [-0.2, -0.15) is 0 Å². The molecule has 1 aliphatic carbocycles. The summed E-state index contributed by atoms with van der Waals surface area (Å²) in [4.78, 5) is 0. The van der Waals surface area contributed by atoms with E-state index in [-0.39, 0.29) is 0 Å². The van der Waals surface area contributed by atoms with Crippen LogP contribution < -0.4 is 5.32 Å². The van der Waals surface area contributed by atoms with Crippen molar-refractivity contribution in [2.24, 2.45) is 0 Å². The first kappa shape index (κ1) is 12.6. The van der Waals surface area contributed by atoms with Crippen molar-refractivity contribution in [1.29, 1.82) is 0 Å². The van der Waals surface area contributed by atoms with Gasteiger partial charge < -0.3 is 5.32 Å². The summed E-state index contributed by atoms with van der Waals surface area (Å²) in [5.74, 6) is 0.890. The van der Waals surface area contributed by atoms with Crippen LogP contribution in [0, 0.1) is 0 Å². The topological polar surface area (TPSA) is 12.0 Å². The Morgan fingerprint density at radius 1 is 1.18 bits per heavy atom. The van der Waals surface area contributed by atoms with Crippen LogP contribution in [-0.4, -0.2) is 13.1 Å². The van der Waals surface area contributed by atoms with Gasteiger partial charge in [0, 0.05) is 0 Å². The summed E-state index contributed by atoms with van der Waals surface area (Å²) >= 11 is 0. The minimum absolute atomic E-state index is 0.890. The molecule has 1 heteroatoms. The van der Waals surface area contributed by atoms with E-state index in [1.165, 1.54) is 50.6 Å². The van der Waals surface area contributed by atoms with Crippen LogP contribution in [0.15, 0.2) is 24.3 Å². The van der Waals surface area contributed by atoms with Crippen LogP contribution in [0.25, 0.3) is 0 Å². The maximum atomic E-state index is 3.46. The van der Waals surface area contributed by atoms with Gasteiger partial charge in [0.15, 0.2) is 0 Å². The molecule has 0 bridgehead atoms. The van der Waals surface area contributed by atoms with Crippen LogP contribution in [0.1, 0.15) is 56.1 Å². The Labute approximate surface area is 106 Å². The van der Waals surface area contributed by atoms with Crippen molar-refractivity contribution < 1.29 is 0 Å². The fourth-order valence-corrected chi connectivity index (χ4v) is 2.30. The molecule has 0 heterocycles. The van der Waals surface area contributed by atoms with E-state index in [0.29, 0.717) is 0 Å². The summed E-state index contributed by atoms with van der Waals surface area (Å²) in [7, 11) is 0. The van der Waals surface area contributed by atoms with Gasteiger partial charge >= 0.3 is 0 Å². The standard InChI is InChI=1S/C16H25N/c1-2-11-17-12-4-3-6-14-7-5-8-16(13-14)15-9-10-15/h5,7-8,13,15,17H,2-4,6,9-12H2,1H3. The molecule has 1 aromatic rings. The van der Waals surface area contributed by atoms with Crippen LogP contribution in [0.4, 0.5) is 0 Å². The number of benzene rings is 1.